The molecule has 0 saturated carbocycles. The van der Waals surface area contributed by atoms with Gasteiger partial charge in [-0.25, -0.2) is 13.5 Å². The molecule has 6 heteroatoms. The van der Waals surface area contributed by atoms with Gasteiger partial charge in [0.25, 0.3) is 0 Å². The normalized spacial score (nSPS) is 10.6. The van der Waals surface area contributed by atoms with Gasteiger partial charge in [0, 0.05) is 5.56 Å². The Hall–Kier alpha value is -2.89. The van der Waals surface area contributed by atoms with E-state index in [4.69, 9.17) is 0 Å². The molecule has 0 aliphatic heterocycles. The quantitative estimate of drug-likeness (QED) is 0.695. The van der Waals surface area contributed by atoms with Gasteiger partial charge in [0.1, 0.15) is 17.3 Å². The van der Waals surface area contributed by atoms with E-state index in [0.717, 1.165) is 0 Å². The van der Waals surface area contributed by atoms with Crippen LogP contribution in [0.1, 0.15) is 10.5 Å². The van der Waals surface area contributed by atoms with Crippen LogP contribution in [-0.2, 0) is 0 Å². The van der Waals surface area contributed by atoms with E-state index >= 15 is 0 Å². The standard InChI is InChI=1S/C15H9F2N3O/c16-11-6-4-10(5-7-11)15-14(9-21)18-19-20(15)13-3-1-2-12(17)8-13/h1-9H. The summed E-state index contributed by atoms with van der Waals surface area (Å²) in [6.07, 6.45) is 0.557. The maximum absolute atomic E-state index is 13.3. The second-order valence-electron chi connectivity index (χ2n) is 4.34. The third kappa shape index (κ3) is 2.43. The van der Waals surface area contributed by atoms with E-state index in [9.17, 15) is 13.6 Å². The fraction of sp³-hybridized carbons (Fsp3) is 0. The summed E-state index contributed by atoms with van der Waals surface area (Å²) >= 11 is 0. The highest BCUT2D eigenvalue weighted by atomic mass is 19.1. The third-order valence-corrected chi connectivity index (χ3v) is 2.98. The number of carbonyl (C=O) groups is 1. The van der Waals surface area contributed by atoms with Gasteiger partial charge in [0.15, 0.2) is 12.0 Å². The first-order valence-corrected chi connectivity index (χ1v) is 6.12. The van der Waals surface area contributed by atoms with Crippen molar-refractivity contribution in [2.24, 2.45) is 0 Å². The lowest BCUT2D eigenvalue weighted by Gasteiger charge is -2.07. The zero-order chi connectivity index (χ0) is 14.8. The number of nitrogens with zero attached hydrogens (tertiary/aromatic N) is 3. The fourth-order valence-corrected chi connectivity index (χ4v) is 2.04. The van der Waals surface area contributed by atoms with Gasteiger partial charge in [-0.05, 0) is 42.5 Å². The number of carbonyl (C=O) groups excluding carboxylic acids is 1. The molecule has 0 aliphatic carbocycles. The third-order valence-electron chi connectivity index (χ3n) is 2.98. The van der Waals surface area contributed by atoms with Gasteiger partial charge < -0.3 is 0 Å². The number of hydrogen-bond acceptors (Lipinski definition) is 3. The lowest BCUT2D eigenvalue weighted by Crippen LogP contribution is -2.00. The molecule has 0 unspecified atom stereocenters. The van der Waals surface area contributed by atoms with Crippen molar-refractivity contribution in [3.05, 3.63) is 65.9 Å². The highest BCUT2D eigenvalue weighted by Gasteiger charge is 2.16. The molecule has 1 heterocycles. The highest BCUT2D eigenvalue weighted by molar-refractivity contribution is 5.83. The van der Waals surface area contributed by atoms with Crippen LogP contribution in [0.15, 0.2) is 48.5 Å². The Morgan fingerprint density at radius 3 is 2.43 bits per heavy atom. The minimum atomic E-state index is -0.430. The molecule has 3 aromatic rings. The predicted molar refractivity (Wildman–Crippen MR) is 72.1 cm³/mol. The number of aromatic nitrogens is 3. The second-order valence-corrected chi connectivity index (χ2v) is 4.34. The van der Waals surface area contributed by atoms with Crippen molar-refractivity contribution in [1.29, 1.82) is 0 Å². The summed E-state index contributed by atoms with van der Waals surface area (Å²) < 4.78 is 27.7. The Kier molecular flexibility index (Phi) is 3.27. The maximum atomic E-state index is 13.3. The van der Waals surface area contributed by atoms with E-state index in [1.807, 2.05) is 0 Å². The molecule has 0 bridgehead atoms. The SMILES string of the molecule is O=Cc1nnn(-c2cccc(F)c2)c1-c1ccc(F)cc1. The van der Waals surface area contributed by atoms with Gasteiger partial charge in [0.2, 0.25) is 0 Å². The zero-order valence-electron chi connectivity index (χ0n) is 10.7. The van der Waals surface area contributed by atoms with Gasteiger partial charge in [-0.15, -0.1) is 5.10 Å². The molecule has 3 rings (SSSR count). The van der Waals surface area contributed by atoms with Crippen LogP contribution in [0.3, 0.4) is 0 Å². The maximum Gasteiger partial charge on any atom is 0.172 e. The average Bonchev–Trinajstić information content (AvgIpc) is 2.92. The minimum absolute atomic E-state index is 0.103. The lowest BCUT2D eigenvalue weighted by molar-refractivity contribution is 0.111. The van der Waals surface area contributed by atoms with Crippen LogP contribution < -0.4 is 0 Å². The molecule has 0 fully saturated rings. The minimum Gasteiger partial charge on any atom is -0.296 e. The summed E-state index contributed by atoms with van der Waals surface area (Å²) in [5.41, 5.74) is 1.48. The number of hydrogen-bond donors (Lipinski definition) is 0. The van der Waals surface area contributed by atoms with Gasteiger partial charge in [-0.3, -0.25) is 4.79 Å². The molecule has 2 aromatic carbocycles. The van der Waals surface area contributed by atoms with Crippen molar-refractivity contribution in [2.45, 2.75) is 0 Å². The zero-order valence-corrected chi connectivity index (χ0v) is 10.7. The van der Waals surface area contributed by atoms with Crippen LogP contribution >= 0.6 is 0 Å². The van der Waals surface area contributed by atoms with Crippen molar-refractivity contribution in [3.63, 3.8) is 0 Å². The largest absolute Gasteiger partial charge is 0.296 e. The van der Waals surface area contributed by atoms with E-state index in [1.165, 1.54) is 47.1 Å². The smallest absolute Gasteiger partial charge is 0.172 e. The first-order chi connectivity index (χ1) is 10.2. The van der Waals surface area contributed by atoms with Crippen LogP contribution in [-0.4, -0.2) is 21.3 Å². The summed E-state index contributed by atoms with van der Waals surface area (Å²) in [4.78, 5) is 11.1. The van der Waals surface area contributed by atoms with E-state index in [2.05, 4.69) is 10.3 Å². The van der Waals surface area contributed by atoms with Crippen molar-refractivity contribution in [1.82, 2.24) is 15.0 Å². The summed E-state index contributed by atoms with van der Waals surface area (Å²) in [7, 11) is 0. The first-order valence-electron chi connectivity index (χ1n) is 6.12. The number of halogens is 2. The van der Waals surface area contributed by atoms with Gasteiger partial charge >= 0.3 is 0 Å². The second kappa shape index (κ2) is 5.24. The summed E-state index contributed by atoms with van der Waals surface area (Å²) in [6.45, 7) is 0. The van der Waals surface area contributed by atoms with E-state index in [-0.39, 0.29) is 5.69 Å². The van der Waals surface area contributed by atoms with Crippen LogP contribution in [0.4, 0.5) is 8.78 Å². The van der Waals surface area contributed by atoms with E-state index < -0.39 is 11.6 Å². The Balaban J connectivity index is 2.21. The molecule has 4 nitrogen and oxygen atoms in total. The average molecular weight is 285 g/mol. The molecule has 0 aliphatic rings. The molecule has 104 valence electrons. The van der Waals surface area contributed by atoms with Crippen molar-refractivity contribution in [3.8, 4) is 16.9 Å². The summed E-state index contributed by atoms with van der Waals surface area (Å²) in [5, 5.41) is 7.64. The lowest BCUT2D eigenvalue weighted by atomic mass is 10.1. The highest BCUT2D eigenvalue weighted by Crippen LogP contribution is 2.24. The molecule has 0 N–H and O–H groups in total. The first kappa shape index (κ1) is 13.1. The van der Waals surface area contributed by atoms with Crippen molar-refractivity contribution >= 4 is 6.29 Å². The molecule has 1 aromatic heterocycles. The molecular formula is C15H9F2N3O. The molecule has 21 heavy (non-hydrogen) atoms. The van der Waals surface area contributed by atoms with Crippen LogP contribution in [0.2, 0.25) is 0 Å². The van der Waals surface area contributed by atoms with Crippen LogP contribution in [0.25, 0.3) is 16.9 Å². The topological polar surface area (TPSA) is 47.8 Å². The summed E-state index contributed by atoms with van der Waals surface area (Å²) in [6, 6.07) is 11.3. The molecular weight excluding hydrogens is 276 g/mol. The van der Waals surface area contributed by atoms with Crippen LogP contribution in [0.5, 0.6) is 0 Å². The fourth-order valence-electron chi connectivity index (χ4n) is 2.04. The van der Waals surface area contributed by atoms with Gasteiger partial charge in [-0.1, -0.05) is 11.3 Å². The Morgan fingerprint density at radius 2 is 1.76 bits per heavy atom. The monoisotopic (exact) mass is 285 g/mol. The van der Waals surface area contributed by atoms with E-state index in [0.29, 0.717) is 23.2 Å². The Bertz CT molecular complexity index is 797. The number of benzene rings is 2. The predicted octanol–water partition coefficient (Wildman–Crippen LogP) is 3.03. The van der Waals surface area contributed by atoms with Gasteiger partial charge in [0.05, 0.1) is 5.69 Å². The molecule has 0 atom stereocenters. The van der Waals surface area contributed by atoms with Gasteiger partial charge in [-0.2, -0.15) is 0 Å². The molecule has 0 amide bonds. The molecule has 0 saturated heterocycles. The van der Waals surface area contributed by atoms with Crippen molar-refractivity contribution in [2.75, 3.05) is 0 Å². The van der Waals surface area contributed by atoms with Crippen LogP contribution in [0, 0.1) is 11.6 Å². The number of rotatable bonds is 3. The van der Waals surface area contributed by atoms with E-state index in [1.54, 1.807) is 6.07 Å². The Labute approximate surface area is 118 Å². The van der Waals surface area contributed by atoms with Crippen molar-refractivity contribution < 1.29 is 13.6 Å². The Morgan fingerprint density at radius 1 is 1.00 bits per heavy atom. The number of aldehydes is 1. The summed E-state index contributed by atoms with van der Waals surface area (Å²) in [5.74, 6) is -0.822. The molecule has 0 spiro atoms. The molecule has 0 radical (unpaired) electrons.